The van der Waals surface area contributed by atoms with Crippen molar-refractivity contribution in [1.29, 1.82) is 0 Å². The van der Waals surface area contributed by atoms with E-state index >= 15 is 0 Å². The zero-order chi connectivity index (χ0) is 16.6. The van der Waals surface area contributed by atoms with Gasteiger partial charge in [-0.25, -0.2) is 4.79 Å². The van der Waals surface area contributed by atoms with Crippen LogP contribution in [0.5, 0.6) is 0 Å². The lowest BCUT2D eigenvalue weighted by atomic mass is 9.99. The first-order chi connectivity index (χ1) is 11.0. The van der Waals surface area contributed by atoms with Crippen molar-refractivity contribution in [2.45, 2.75) is 45.2 Å². The highest BCUT2D eigenvalue weighted by atomic mass is 16.4. The maximum atomic E-state index is 13.1. The van der Waals surface area contributed by atoms with E-state index in [0.29, 0.717) is 18.7 Å². The van der Waals surface area contributed by atoms with E-state index in [1.165, 1.54) is 4.90 Å². The van der Waals surface area contributed by atoms with Crippen LogP contribution >= 0.6 is 0 Å². The summed E-state index contributed by atoms with van der Waals surface area (Å²) in [6, 6.07) is 9.78. The van der Waals surface area contributed by atoms with Crippen LogP contribution in [0.2, 0.25) is 0 Å². The largest absolute Gasteiger partial charge is 0.480 e. The molecule has 1 aromatic carbocycles. The van der Waals surface area contributed by atoms with E-state index in [1.54, 1.807) is 6.92 Å². The summed E-state index contributed by atoms with van der Waals surface area (Å²) in [5, 5.41) is 10.6. The van der Waals surface area contributed by atoms with Crippen molar-refractivity contribution in [2.75, 3.05) is 6.54 Å². The van der Waals surface area contributed by atoms with Gasteiger partial charge in [0.05, 0.1) is 0 Å². The Bertz CT molecular complexity index is 765. The van der Waals surface area contributed by atoms with E-state index in [4.69, 9.17) is 0 Å². The van der Waals surface area contributed by atoms with Gasteiger partial charge in [-0.3, -0.25) is 4.79 Å². The summed E-state index contributed by atoms with van der Waals surface area (Å²) in [6.07, 6.45) is 2.14. The molecule has 0 spiro atoms. The van der Waals surface area contributed by atoms with E-state index in [1.807, 2.05) is 34.9 Å². The Morgan fingerprint density at radius 2 is 2.04 bits per heavy atom. The summed E-state index contributed by atoms with van der Waals surface area (Å²) in [6.45, 7) is 4.95. The van der Waals surface area contributed by atoms with E-state index in [2.05, 4.69) is 6.92 Å². The van der Waals surface area contributed by atoms with Gasteiger partial charge in [-0.1, -0.05) is 25.1 Å². The number of amides is 1. The van der Waals surface area contributed by atoms with Gasteiger partial charge >= 0.3 is 5.97 Å². The van der Waals surface area contributed by atoms with E-state index < -0.39 is 11.5 Å². The van der Waals surface area contributed by atoms with Gasteiger partial charge in [-0.15, -0.1) is 0 Å². The molecule has 1 aliphatic rings. The highest BCUT2D eigenvalue weighted by molar-refractivity contribution is 6.01. The lowest BCUT2D eigenvalue weighted by molar-refractivity contribution is -0.147. The number of aromatic nitrogens is 1. The quantitative estimate of drug-likeness (QED) is 0.943. The van der Waals surface area contributed by atoms with Crippen LogP contribution in [-0.4, -0.2) is 38.5 Å². The Labute approximate surface area is 135 Å². The fourth-order valence-corrected chi connectivity index (χ4v) is 3.50. The first-order valence-corrected chi connectivity index (χ1v) is 8.12. The zero-order valence-electron chi connectivity index (χ0n) is 13.6. The number of carbonyl (C=O) groups excluding carboxylic acids is 1. The summed E-state index contributed by atoms with van der Waals surface area (Å²) in [5.74, 6) is -1.11. The number of likely N-dealkylation sites (tertiary alicyclic amines) is 1. The second-order valence-electron chi connectivity index (χ2n) is 6.38. The van der Waals surface area contributed by atoms with Crippen LogP contribution in [0, 0.1) is 0 Å². The number of carbonyl (C=O) groups is 2. The number of hydrogen-bond acceptors (Lipinski definition) is 2. The molecule has 1 amide bonds. The molecule has 122 valence electrons. The van der Waals surface area contributed by atoms with Crippen molar-refractivity contribution < 1.29 is 14.7 Å². The standard InChI is InChI=1S/C18H22N2O3/c1-3-10-19-14-8-5-4-7-13(14)12-15(19)16(21)20-11-6-9-18(20,2)17(22)23/h4-5,7-8,12H,3,6,9-11H2,1-2H3,(H,22,23). The second-order valence-corrected chi connectivity index (χ2v) is 6.38. The van der Waals surface area contributed by atoms with Gasteiger partial charge in [0, 0.05) is 24.0 Å². The number of para-hydroxylation sites is 1. The third-order valence-electron chi connectivity index (χ3n) is 4.82. The minimum atomic E-state index is -1.11. The van der Waals surface area contributed by atoms with Crippen molar-refractivity contribution >= 4 is 22.8 Å². The van der Waals surface area contributed by atoms with E-state index in [9.17, 15) is 14.7 Å². The second kappa shape index (κ2) is 5.72. The highest BCUT2D eigenvalue weighted by Crippen LogP contribution is 2.32. The van der Waals surface area contributed by atoms with Gasteiger partial charge in [0.25, 0.3) is 5.91 Å². The maximum Gasteiger partial charge on any atom is 0.329 e. The lowest BCUT2D eigenvalue weighted by Gasteiger charge is -2.31. The summed E-state index contributed by atoms with van der Waals surface area (Å²) in [4.78, 5) is 26.2. The normalized spacial score (nSPS) is 21.0. The predicted octanol–water partition coefficient (Wildman–Crippen LogP) is 3.13. The predicted molar refractivity (Wildman–Crippen MR) is 88.5 cm³/mol. The lowest BCUT2D eigenvalue weighted by Crippen LogP contribution is -2.51. The van der Waals surface area contributed by atoms with Gasteiger partial charge in [-0.05, 0) is 38.3 Å². The number of aliphatic carboxylic acids is 1. The molecule has 1 aliphatic heterocycles. The molecule has 1 unspecified atom stereocenters. The average Bonchev–Trinajstić information content (AvgIpc) is 3.10. The Morgan fingerprint density at radius 3 is 2.74 bits per heavy atom. The molecule has 1 N–H and O–H groups in total. The SMILES string of the molecule is CCCn1c(C(=O)N2CCCC2(C)C(=O)O)cc2ccccc21. The molecule has 1 atom stereocenters. The van der Waals surface area contributed by atoms with Gasteiger partial charge in [-0.2, -0.15) is 0 Å². The maximum absolute atomic E-state index is 13.1. The molecule has 5 heteroatoms. The van der Waals surface area contributed by atoms with Gasteiger partial charge in [0.15, 0.2) is 0 Å². The third kappa shape index (κ3) is 2.40. The Kier molecular flexibility index (Phi) is 3.88. The number of hydrogen-bond donors (Lipinski definition) is 1. The molecular weight excluding hydrogens is 292 g/mol. The molecule has 1 saturated heterocycles. The van der Waals surface area contributed by atoms with Crippen LogP contribution in [0.4, 0.5) is 0 Å². The minimum absolute atomic E-state index is 0.183. The molecule has 5 nitrogen and oxygen atoms in total. The molecule has 1 aromatic heterocycles. The summed E-state index contributed by atoms with van der Waals surface area (Å²) in [7, 11) is 0. The van der Waals surface area contributed by atoms with Crippen LogP contribution in [0.1, 0.15) is 43.6 Å². The third-order valence-corrected chi connectivity index (χ3v) is 4.82. The molecule has 2 heterocycles. The summed E-state index contributed by atoms with van der Waals surface area (Å²) < 4.78 is 2.01. The first-order valence-electron chi connectivity index (χ1n) is 8.12. The van der Waals surface area contributed by atoms with Gasteiger partial charge in [0.2, 0.25) is 0 Å². The number of benzene rings is 1. The first kappa shape index (κ1) is 15.6. The van der Waals surface area contributed by atoms with E-state index in [0.717, 1.165) is 30.3 Å². The van der Waals surface area contributed by atoms with Crippen molar-refractivity contribution in [3.05, 3.63) is 36.0 Å². The van der Waals surface area contributed by atoms with Crippen LogP contribution in [0.15, 0.2) is 30.3 Å². The number of aryl methyl sites for hydroxylation is 1. The number of rotatable bonds is 4. The molecule has 0 saturated carbocycles. The van der Waals surface area contributed by atoms with E-state index in [-0.39, 0.29) is 5.91 Å². The monoisotopic (exact) mass is 314 g/mol. The molecule has 1 fully saturated rings. The summed E-state index contributed by atoms with van der Waals surface area (Å²) >= 11 is 0. The molecule has 2 aromatic rings. The molecule has 0 bridgehead atoms. The van der Waals surface area contributed by atoms with Gasteiger partial charge < -0.3 is 14.6 Å². The van der Waals surface area contributed by atoms with Crippen LogP contribution in [0.3, 0.4) is 0 Å². The number of carboxylic acid groups (broad SMARTS) is 1. The van der Waals surface area contributed by atoms with Gasteiger partial charge in [0.1, 0.15) is 11.2 Å². The minimum Gasteiger partial charge on any atom is -0.480 e. The van der Waals surface area contributed by atoms with Crippen molar-refractivity contribution in [3.63, 3.8) is 0 Å². The average molecular weight is 314 g/mol. The fraction of sp³-hybridized carbons (Fsp3) is 0.444. The van der Waals surface area contributed by atoms with Crippen molar-refractivity contribution in [3.8, 4) is 0 Å². The Hall–Kier alpha value is -2.30. The number of carboxylic acids is 1. The molecule has 0 radical (unpaired) electrons. The van der Waals surface area contributed by atoms with Crippen molar-refractivity contribution in [2.24, 2.45) is 0 Å². The topological polar surface area (TPSA) is 62.5 Å². The highest BCUT2D eigenvalue weighted by Gasteiger charge is 2.46. The molecule has 3 rings (SSSR count). The van der Waals surface area contributed by atoms with Crippen LogP contribution in [-0.2, 0) is 11.3 Å². The van der Waals surface area contributed by atoms with Crippen molar-refractivity contribution in [1.82, 2.24) is 9.47 Å². The Balaban J connectivity index is 2.07. The molecular formula is C18H22N2O3. The molecule has 0 aliphatic carbocycles. The molecule has 23 heavy (non-hydrogen) atoms. The smallest absolute Gasteiger partial charge is 0.329 e. The number of fused-ring (bicyclic) bond motifs is 1. The van der Waals surface area contributed by atoms with Crippen LogP contribution in [0.25, 0.3) is 10.9 Å². The van der Waals surface area contributed by atoms with Crippen LogP contribution < -0.4 is 0 Å². The Morgan fingerprint density at radius 1 is 1.30 bits per heavy atom. The fourth-order valence-electron chi connectivity index (χ4n) is 3.50. The summed E-state index contributed by atoms with van der Waals surface area (Å²) in [5.41, 5.74) is 0.501. The number of nitrogens with zero attached hydrogens (tertiary/aromatic N) is 2. The zero-order valence-corrected chi connectivity index (χ0v) is 13.6.